The molecule has 0 spiro atoms. The summed E-state index contributed by atoms with van der Waals surface area (Å²) < 4.78 is 31.8. The Hall–Kier alpha value is -3.03. The first-order chi connectivity index (χ1) is 12.0. The molecule has 2 aromatic rings. The van der Waals surface area contributed by atoms with Crippen LogP contribution in [0.1, 0.15) is 28.5 Å². The minimum Gasteiger partial charge on any atom is -0.450 e. The van der Waals surface area contributed by atoms with Gasteiger partial charge < -0.3 is 15.4 Å². The van der Waals surface area contributed by atoms with Gasteiger partial charge in [-0.3, -0.25) is 9.78 Å². The predicted octanol–water partition coefficient (Wildman–Crippen LogP) is 2.54. The summed E-state index contributed by atoms with van der Waals surface area (Å²) in [7, 11) is 0. The van der Waals surface area contributed by atoms with E-state index in [0.29, 0.717) is 5.69 Å². The second-order valence-corrected chi connectivity index (χ2v) is 4.99. The van der Waals surface area contributed by atoms with E-state index in [9.17, 15) is 18.4 Å². The van der Waals surface area contributed by atoms with Crippen LogP contribution in [0.2, 0.25) is 0 Å². The van der Waals surface area contributed by atoms with Gasteiger partial charge in [0.1, 0.15) is 11.6 Å². The largest absolute Gasteiger partial charge is 0.450 e. The second-order valence-electron chi connectivity index (χ2n) is 4.99. The molecule has 0 saturated carbocycles. The van der Waals surface area contributed by atoms with Crippen LogP contribution in [0.25, 0.3) is 0 Å². The molecule has 132 valence electrons. The Kier molecular flexibility index (Phi) is 6.39. The van der Waals surface area contributed by atoms with Gasteiger partial charge in [0.05, 0.1) is 18.8 Å². The predicted molar refractivity (Wildman–Crippen MR) is 85.6 cm³/mol. The van der Waals surface area contributed by atoms with Gasteiger partial charge in [-0.2, -0.15) is 0 Å². The number of aromatic nitrogens is 1. The number of ether oxygens (including phenoxy) is 1. The number of carbonyl (C=O) groups excluding carboxylic acids is 2. The average Bonchev–Trinajstić information content (AvgIpc) is 2.60. The molecular formula is C17H17F2N3O3. The van der Waals surface area contributed by atoms with Crippen LogP contribution in [-0.2, 0) is 17.8 Å². The van der Waals surface area contributed by atoms with Crippen LogP contribution < -0.4 is 10.6 Å². The monoisotopic (exact) mass is 349 g/mol. The molecule has 0 bridgehead atoms. The van der Waals surface area contributed by atoms with E-state index in [-0.39, 0.29) is 30.8 Å². The van der Waals surface area contributed by atoms with Gasteiger partial charge in [-0.05, 0) is 31.2 Å². The molecule has 0 aliphatic heterocycles. The van der Waals surface area contributed by atoms with Gasteiger partial charge in [0.25, 0.3) is 5.91 Å². The number of pyridine rings is 1. The van der Waals surface area contributed by atoms with Gasteiger partial charge in [0.2, 0.25) is 0 Å². The highest BCUT2D eigenvalue weighted by Crippen LogP contribution is 2.12. The van der Waals surface area contributed by atoms with Crippen molar-refractivity contribution in [3.8, 4) is 0 Å². The lowest BCUT2D eigenvalue weighted by molar-refractivity contribution is 0.0950. The van der Waals surface area contributed by atoms with Crippen LogP contribution in [0.4, 0.5) is 13.6 Å². The first-order valence-electron chi connectivity index (χ1n) is 7.58. The Labute approximate surface area is 143 Å². The zero-order valence-electron chi connectivity index (χ0n) is 13.5. The Morgan fingerprint density at radius 3 is 2.52 bits per heavy atom. The topological polar surface area (TPSA) is 80.3 Å². The molecule has 25 heavy (non-hydrogen) atoms. The van der Waals surface area contributed by atoms with Crippen LogP contribution in [-0.4, -0.2) is 23.6 Å². The summed E-state index contributed by atoms with van der Waals surface area (Å²) in [6.07, 6.45) is 0.815. The molecule has 0 unspecified atom stereocenters. The minimum absolute atomic E-state index is 0.0852. The van der Waals surface area contributed by atoms with Gasteiger partial charge in [-0.25, -0.2) is 13.6 Å². The molecule has 2 N–H and O–H groups in total. The number of amides is 2. The molecule has 1 aromatic heterocycles. The summed E-state index contributed by atoms with van der Waals surface area (Å²) in [4.78, 5) is 27.4. The first kappa shape index (κ1) is 18.3. The zero-order chi connectivity index (χ0) is 18.2. The van der Waals surface area contributed by atoms with Crippen LogP contribution in [0, 0.1) is 11.6 Å². The number of benzene rings is 1. The number of hydrogen-bond donors (Lipinski definition) is 2. The van der Waals surface area contributed by atoms with E-state index in [1.807, 2.05) is 0 Å². The summed E-state index contributed by atoms with van der Waals surface area (Å²) in [5.74, 6) is -1.97. The first-order valence-corrected chi connectivity index (χ1v) is 7.58. The van der Waals surface area contributed by atoms with E-state index in [1.165, 1.54) is 24.4 Å². The van der Waals surface area contributed by atoms with Crippen molar-refractivity contribution in [2.45, 2.75) is 20.0 Å². The highest BCUT2D eigenvalue weighted by molar-refractivity contribution is 5.94. The molecule has 1 aromatic carbocycles. The van der Waals surface area contributed by atoms with Crippen LogP contribution in [0.15, 0.2) is 36.5 Å². The maximum atomic E-state index is 13.6. The molecule has 0 saturated heterocycles. The van der Waals surface area contributed by atoms with Crippen LogP contribution >= 0.6 is 0 Å². The van der Waals surface area contributed by atoms with Crippen molar-refractivity contribution < 1.29 is 23.1 Å². The third-order valence-electron chi connectivity index (χ3n) is 3.26. The Morgan fingerprint density at radius 2 is 1.84 bits per heavy atom. The number of alkyl carbamates (subject to hydrolysis) is 1. The lowest BCUT2D eigenvalue weighted by Gasteiger charge is -2.09. The number of carbonyl (C=O) groups is 2. The van der Waals surface area contributed by atoms with Crippen molar-refractivity contribution in [3.05, 3.63) is 65.0 Å². The Morgan fingerprint density at radius 1 is 1.12 bits per heavy atom. The maximum absolute atomic E-state index is 13.6. The Bertz CT molecular complexity index is 748. The van der Waals surface area contributed by atoms with Gasteiger partial charge in [0, 0.05) is 23.9 Å². The summed E-state index contributed by atoms with van der Waals surface area (Å²) >= 11 is 0. The summed E-state index contributed by atoms with van der Waals surface area (Å²) in [6.45, 7) is 1.73. The molecule has 0 radical (unpaired) electrons. The van der Waals surface area contributed by atoms with Crippen molar-refractivity contribution in [3.63, 3.8) is 0 Å². The maximum Gasteiger partial charge on any atom is 0.407 e. The number of hydrogen-bond acceptors (Lipinski definition) is 4. The van der Waals surface area contributed by atoms with E-state index in [2.05, 4.69) is 15.6 Å². The third kappa shape index (κ3) is 5.23. The fraction of sp³-hybridized carbons (Fsp3) is 0.235. The molecular weight excluding hydrogens is 332 g/mol. The van der Waals surface area contributed by atoms with Crippen molar-refractivity contribution in [1.82, 2.24) is 15.6 Å². The molecule has 0 fully saturated rings. The van der Waals surface area contributed by atoms with E-state index in [4.69, 9.17) is 4.74 Å². The van der Waals surface area contributed by atoms with Crippen molar-refractivity contribution in [2.24, 2.45) is 0 Å². The third-order valence-corrected chi connectivity index (χ3v) is 3.26. The zero-order valence-corrected chi connectivity index (χ0v) is 13.5. The number of nitrogens with zero attached hydrogens (tertiary/aromatic N) is 1. The highest BCUT2D eigenvalue weighted by atomic mass is 19.1. The van der Waals surface area contributed by atoms with E-state index in [0.717, 1.165) is 12.1 Å². The molecule has 1 heterocycles. The smallest absolute Gasteiger partial charge is 0.407 e. The van der Waals surface area contributed by atoms with Gasteiger partial charge in [0.15, 0.2) is 0 Å². The minimum atomic E-state index is -0.727. The Balaban J connectivity index is 1.98. The summed E-state index contributed by atoms with van der Waals surface area (Å²) in [5, 5.41) is 4.93. The number of halogens is 2. The van der Waals surface area contributed by atoms with Crippen molar-refractivity contribution in [1.29, 1.82) is 0 Å². The summed E-state index contributed by atoms with van der Waals surface area (Å²) in [6, 6.07) is 6.42. The number of nitrogens with one attached hydrogen (secondary N) is 2. The fourth-order valence-electron chi connectivity index (χ4n) is 2.03. The highest BCUT2D eigenvalue weighted by Gasteiger charge is 2.12. The van der Waals surface area contributed by atoms with Gasteiger partial charge in [-0.15, -0.1) is 0 Å². The molecule has 0 atom stereocenters. The molecule has 0 aliphatic carbocycles. The molecule has 0 aliphatic rings. The molecule has 2 rings (SSSR count). The SMILES string of the molecule is CCOC(=O)NCc1cc(C(=O)NCc2c(F)cccc2F)ccn1. The van der Waals surface area contributed by atoms with Gasteiger partial charge >= 0.3 is 6.09 Å². The summed E-state index contributed by atoms with van der Waals surface area (Å²) in [5.41, 5.74) is 0.485. The van der Waals surface area contributed by atoms with Crippen molar-refractivity contribution >= 4 is 12.0 Å². The molecule has 6 nitrogen and oxygen atoms in total. The van der Waals surface area contributed by atoms with E-state index in [1.54, 1.807) is 6.92 Å². The second kappa shape index (κ2) is 8.72. The fourth-order valence-corrected chi connectivity index (χ4v) is 2.03. The lowest BCUT2D eigenvalue weighted by Crippen LogP contribution is -2.26. The molecule has 8 heteroatoms. The quantitative estimate of drug-likeness (QED) is 0.840. The number of rotatable bonds is 6. The average molecular weight is 349 g/mol. The van der Waals surface area contributed by atoms with Crippen molar-refractivity contribution in [2.75, 3.05) is 6.61 Å². The van der Waals surface area contributed by atoms with E-state index >= 15 is 0 Å². The van der Waals surface area contributed by atoms with Crippen LogP contribution in [0.5, 0.6) is 0 Å². The molecule has 2 amide bonds. The van der Waals surface area contributed by atoms with E-state index < -0.39 is 23.6 Å². The van der Waals surface area contributed by atoms with Crippen LogP contribution in [0.3, 0.4) is 0 Å². The lowest BCUT2D eigenvalue weighted by atomic mass is 10.1. The van der Waals surface area contributed by atoms with Gasteiger partial charge in [-0.1, -0.05) is 6.07 Å². The normalized spacial score (nSPS) is 10.2. The standard InChI is InChI=1S/C17H17F2N3O3/c1-2-25-17(24)22-9-12-8-11(6-7-20-12)16(23)21-10-13-14(18)4-3-5-15(13)19/h3-8H,2,9-10H2,1H3,(H,21,23)(H,22,24).